The molecule has 7 heteroatoms. The van der Waals surface area contributed by atoms with Crippen molar-refractivity contribution < 1.29 is 13.2 Å². The Morgan fingerprint density at radius 1 is 1.54 bits per heavy atom. The van der Waals surface area contributed by atoms with E-state index in [9.17, 15) is 13.2 Å². The smallest absolute Gasteiger partial charge is 0.248 e. The molecule has 0 fully saturated rings. The molecule has 0 spiro atoms. The molecule has 1 heterocycles. The van der Waals surface area contributed by atoms with Crippen molar-refractivity contribution in [2.24, 2.45) is 5.73 Å². The third-order valence-electron chi connectivity index (χ3n) is 1.35. The van der Waals surface area contributed by atoms with Crippen LogP contribution >= 0.6 is 0 Å². The van der Waals surface area contributed by atoms with Gasteiger partial charge in [0.1, 0.15) is 0 Å². The minimum absolute atomic E-state index is 0.164. The third kappa shape index (κ3) is 2.98. The summed E-state index contributed by atoms with van der Waals surface area (Å²) in [6, 6.07) is 0. The van der Waals surface area contributed by atoms with Gasteiger partial charge in [-0.3, -0.25) is 4.79 Å². The van der Waals surface area contributed by atoms with E-state index in [1.807, 2.05) is 0 Å². The maximum atomic E-state index is 11.0. The summed E-state index contributed by atoms with van der Waals surface area (Å²) in [5.41, 5.74) is 7.53. The van der Waals surface area contributed by atoms with Crippen molar-refractivity contribution in [3.8, 4) is 0 Å². The average Bonchev–Trinajstić information content (AvgIpc) is 1.98. The van der Waals surface area contributed by atoms with E-state index in [1.54, 1.807) is 0 Å². The van der Waals surface area contributed by atoms with Crippen molar-refractivity contribution >= 4 is 15.9 Å². The predicted octanol–water partition coefficient (Wildman–Crippen LogP) is -1.65. The van der Waals surface area contributed by atoms with Gasteiger partial charge in [-0.05, 0) is 6.08 Å². The standard InChI is InChI=1S/C6H9N3O3S/c7-6(10)5-1-3-8-9-13(11,12)4-2-5/h1-2,4,8-9H,3H2,(H2,7,10)/b4-2-,5-1+. The third-order valence-corrected chi connectivity index (χ3v) is 2.27. The number of rotatable bonds is 1. The minimum atomic E-state index is -3.50. The molecule has 1 rings (SSSR count). The summed E-state index contributed by atoms with van der Waals surface area (Å²) in [6.45, 7) is 0.210. The normalized spacial score (nSPS) is 27.8. The second-order valence-electron chi connectivity index (χ2n) is 2.35. The summed E-state index contributed by atoms with van der Waals surface area (Å²) in [6.07, 6.45) is 2.64. The van der Waals surface area contributed by atoms with Gasteiger partial charge in [0.15, 0.2) is 0 Å². The summed E-state index contributed by atoms with van der Waals surface area (Å²) >= 11 is 0. The van der Waals surface area contributed by atoms with Gasteiger partial charge >= 0.3 is 0 Å². The molecule has 0 saturated heterocycles. The predicted molar refractivity (Wildman–Crippen MR) is 46.5 cm³/mol. The molecule has 4 N–H and O–H groups in total. The zero-order valence-corrected chi connectivity index (χ0v) is 7.47. The van der Waals surface area contributed by atoms with Crippen LogP contribution in [0.1, 0.15) is 0 Å². The lowest BCUT2D eigenvalue weighted by molar-refractivity contribution is -0.114. The molecule has 0 bridgehead atoms. The molecule has 72 valence electrons. The second kappa shape index (κ2) is 3.69. The van der Waals surface area contributed by atoms with Crippen LogP contribution in [0.2, 0.25) is 0 Å². The first kappa shape index (κ1) is 9.90. The number of primary amides is 1. The van der Waals surface area contributed by atoms with Gasteiger partial charge in [0, 0.05) is 17.5 Å². The number of hydrogen-bond donors (Lipinski definition) is 3. The topological polar surface area (TPSA) is 101 Å². The van der Waals surface area contributed by atoms with Gasteiger partial charge in [0.25, 0.3) is 0 Å². The molecule has 0 aliphatic carbocycles. The minimum Gasteiger partial charge on any atom is -0.366 e. The van der Waals surface area contributed by atoms with Gasteiger partial charge in [0.05, 0.1) is 0 Å². The second-order valence-corrected chi connectivity index (χ2v) is 3.92. The van der Waals surface area contributed by atoms with Crippen molar-refractivity contribution in [1.29, 1.82) is 0 Å². The van der Waals surface area contributed by atoms with Crippen molar-refractivity contribution in [3.05, 3.63) is 23.1 Å². The Balaban J connectivity index is 2.97. The first-order valence-corrected chi connectivity index (χ1v) is 4.98. The number of hydrazine groups is 1. The van der Waals surface area contributed by atoms with Crippen LogP contribution in [0.3, 0.4) is 0 Å². The lowest BCUT2D eigenvalue weighted by atomic mass is 10.2. The molecule has 0 aromatic carbocycles. The SMILES string of the molecule is NC(=O)C1=C/CNNS(=O)(=O)/C=C\1. The van der Waals surface area contributed by atoms with Crippen LogP contribution in [0.4, 0.5) is 0 Å². The van der Waals surface area contributed by atoms with Crippen LogP contribution < -0.4 is 16.0 Å². The Morgan fingerprint density at radius 2 is 2.23 bits per heavy atom. The highest BCUT2D eigenvalue weighted by atomic mass is 32.2. The summed E-state index contributed by atoms with van der Waals surface area (Å²) in [5, 5.41) is 0.871. The lowest BCUT2D eigenvalue weighted by Gasteiger charge is -2.06. The Morgan fingerprint density at radius 3 is 2.85 bits per heavy atom. The van der Waals surface area contributed by atoms with Gasteiger partial charge in [-0.25, -0.2) is 13.8 Å². The maximum Gasteiger partial charge on any atom is 0.248 e. The monoisotopic (exact) mass is 203 g/mol. The molecule has 1 aliphatic heterocycles. The van der Waals surface area contributed by atoms with E-state index in [0.717, 1.165) is 11.5 Å². The molecule has 0 atom stereocenters. The number of sulfonamides is 1. The van der Waals surface area contributed by atoms with E-state index in [4.69, 9.17) is 5.73 Å². The molecular weight excluding hydrogens is 194 g/mol. The van der Waals surface area contributed by atoms with Crippen molar-refractivity contribution in [2.75, 3.05) is 6.54 Å². The highest BCUT2D eigenvalue weighted by Crippen LogP contribution is 1.99. The van der Waals surface area contributed by atoms with E-state index >= 15 is 0 Å². The van der Waals surface area contributed by atoms with Gasteiger partial charge < -0.3 is 5.73 Å². The number of amides is 1. The Bertz CT molecular complexity index is 369. The molecule has 0 saturated carbocycles. The number of nitrogens with two attached hydrogens (primary N) is 1. The van der Waals surface area contributed by atoms with Crippen molar-refractivity contribution in [3.63, 3.8) is 0 Å². The summed E-state index contributed by atoms with van der Waals surface area (Å²) in [7, 11) is -3.50. The average molecular weight is 203 g/mol. The van der Waals surface area contributed by atoms with Crippen LogP contribution in [0.15, 0.2) is 23.1 Å². The molecule has 0 aromatic rings. The van der Waals surface area contributed by atoms with E-state index in [-0.39, 0.29) is 12.1 Å². The highest BCUT2D eigenvalue weighted by Gasteiger charge is 2.08. The number of nitrogens with one attached hydrogen (secondary N) is 2. The van der Waals surface area contributed by atoms with Crippen LogP contribution in [-0.4, -0.2) is 20.9 Å². The Labute approximate surface area is 75.5 Å². The summed E-state index contributed by atoms with van der Waals surface area (Å²) < 4.78 is 21.9. The summed E-state index contributed by atoms with van der Waals surface area (Å²) in [4.78, 5) is 12.7. The number of carbonyl (C=O) groups excluding carboxylic acids is 1. The first-order valence-electron chi connectivity index (χ1n) is 3.44. The number of carbonyl (C=O) groups is 1. The lowest BCUT2D eigenvalue weighted by Crippen LogP contribution is -2.37. The van der Waals surface area contributed by atoms with Gasteiger partial charge in [0.2, 0.25) is 15.9 Å². The maximum absolute atomic E-state index is 11.0. The zero-order chi connectivity index (χ0) is 9.90. The number of hydrogen-bond acceptors (Lipinski definition) is 4. The highest BCUT2D eigenvalue weighted by molar-refractivity contribution is 7.92. The van der Waals surface area contributed by atoms with Crippen molar-refractivity contribution in [2.45, 2.75) is 0 Å². The van der Waals surface area contributed by atoms with E-state index in [0.29, 0.717) is 0 Å². The molecule has 0 aromatic heterocycles. The van der Waals surface area contributed by atoms with Gasteiger partial charge in [-0.2, -0.15) is 0 Å². The zero-order valence-electron chi connectivity index (χ0n) is 6.65. The quantitative estimate of drug-likeness (QED) is 0.475. The fourth-order valence-corrected chi connectivity index (χ4v) is 1.43. The Hall–Kier alpha value is -1.18. The van der Waals surface area contributed by atoms with Gasteiger partial charge in [-0.15, -0.1) is 4.83 Å². The van der Waals surface area contributed by atoms with Crippen LogP contribution in [0.25, 0.3) is 0 Å². The molecular formula is C6H9N3O3S. The molecule has 1 amide bonds. The molecule has 13 heavy (non-hydrogen) atoms. The Kier molecular flexibility index (Phi) is 2.81. The largest absolute Gasteiger partial charge is 0.366 e. The fourth-order valence-electron chi connectivity index (χ4n) is 0.751. The summed E-state index contributed by atoms with van der Waals surface area (Å²) in [5.74, 6) is -0.657. The molecule has 0 radical (unpaired) electrons. The van der Waals surface area contributed by atoms with Crippen molar-refractivity contribution in [1.82, 2.24) is 10.3 Å². The van der Waals surface area contributed by atoms with E-state index < -0.39 is 15.9 Å². The van der Waals surface area contributed by atoms with Crippen LogP contribution in [-0.2, 0) is 14.8 Å². The van der Waals surface area contributed by atoms with Gasteiger partial charge in [-0.1, -0.05) is 6.08 Å². The van der Waals surface area contributed by atoms with Crippen LogP contribution in [0, 0.1) is 0 Å². The van der Waals surface area contributed by atoms with Crippen LogP contribution in [0.5, 0.6) is 0 Å². The molecule has 6 nitrogen and oxygen atoms in total. The molecule has 1 aliphatic rings. The first-order chi connectivity index (χ1) is 6.01. The molecule has 0 unspecified atom stereocenters. The van der Waals surface area contributed by atoms with E-state index in [1.165, 1.54) is 6.08 Å². The fraction of sp³-hybridized carbons (Fsp3) is 0.167. The van der Waals surface area contributed by atoms with E-state index in [2.05, 4.69) is 10.3 Å².